The minimum absolute atomic E-state index is 0.181. The molecule has 0 aromatic heterocycles. The van der Waals surface area contributed by atoms with Crippen molar-refractivity contribution >= 4 is 17.8 Å². The maximum atomic E-state index is 12.3. The minimum atomic E-state index is -0.957. The Hall–Kier alpha value is -3.19. The van der Waals surface area contributed by atoms with Crippen molar-refractivity contribution < 1.29 is 19.5 Å². The fourth-order valence-electron chi connectivity index (χ4n) is 2.94. The average Bonchev–Trinajstić information content (AvgIpc) is 2.71. The number of nitrogens with two attached hydrogens (primary N) is 1. The van der Waals surface area contributed by atoms with E-state index in [9.17, 15) is 19.5 Å². The van der Waals surface area contributed by atoms with E-state index in [-0.39, 0.29) is 11.8 Å². The molecule has 0 aliphatic carbocycles. The van der Waals surface area contributed by atoms with Gasteiger partial charge in [-0.25, -0.2) is 0 Å². The number of carbonyl (C=O) groups excluding carboxylic acids is 2. The molecule has 0 aliphatic heterocycles. The van der Waals surface area contributed by atoms with E-state index in [1.54, 1.807) is 42.5 Å². The number of nitrogens with one attached hydrogen (secondary N) is 2. The van der Waals surface area contributed by atoms with Crippen molar-refractivity contribution in [2.45, 2.75) is 38.3 Å². The van der Waals surface area contributed by atoms with Crippen molar-refractivity contribution in [3.63, 3.8) is 0 Å². The Morgan fingerprint density at radius 1 is 0.966 bits per heavy atom. The van der Waals surface area contributed by atoms with E-state index >= 15 is 0 Å². The van der Waals surface area contributed by atoms with Gasteiger partial charge in [-0.15, -0.1) is 0 Å². The van der Waals surface area contributed by atoms with Crippen LogP contribution < -0.4 is 16.4 Å². The summed E-state index contributed by atoms with van der Waals surface area (Å²) in [5.74, 6) is -1.45. The zero-order valence-electron chi connectivity index (χ0n) is 16.3. The van der Waals surface area contributed by atoms with E-state index in [2.05, 4.69) is 10.6 Å². The molecule has 0 aliphatic rings. The molecular formula is C22H27N3O4. The molecule has 0 unspecified atom stereocenters. The van der Waals surface area contributed by atoms with E-state index < -0.39 is 12.0 Å². The van der Waals surface area contributed by atoms with Crippen LogP contribution in [0.3, 0.4) is 0 Å². The third-order valence-corrected chi connectivity index (χ3v) is 4.46. The van der Waals surface area contributed by atoms with Gasteiger partial charge in [0, 0.05) is 25.1 Å². The predicted octanol–water partition coefficient (Wildman–Crippen LogP) is 2.38. The molecular weight excluding hydrogens is 370 g/mol. The van der Waals surface area contributed by atoms with E-state index in [1.165, 1.54) is 0 Å². The van der Waals surface area contributed by atoms with Gasteiger partial charge in [-0.05, 0) is 36.1 Å². The van der Waals surface area contributed by atoms with Gasteiger partial charge in [0.2, 0.25) is 5.91 Å². The van der Waals surface area contributed by atoms with E-state index in [1.807, 2.05) is 12.1 Å². The molecule has 29 heavy (non-hydrogen) atoms. The Morgan fingerprint density at radius 2 is 1.72 bits per heavy atom. The predicted molar refractivity (Wildman–Crippen MR) is 110 cm³/mol. The Kier molecular flexibility index (Phi) is 8.85. The average molecular weight is 397 g/mol. The normalized spacial score (nSPS) is 11.6. The quantitative estimate of drug-likeness (QED) is 0.410. The molecule has 2 aromatic rings. The highest BCUT2D eigenvalue weighted by molar-refractivity contribution is 5.94. The maximum Gasteiger partial charge on any atom is 0.325 e. The highest BCUT2D eigenvalue weighted by Gasteiger charge is 2.18. The summed E-state index contributed by atoms with van der Waals surface area (Å²) in [4.78, 5) is 34.6. The van der Waals surface area contributed by atoms with Gasteiger partial charge in [0.15, 0.2) is 0 Å². The number of hydrogen-bond acceptors (Lipinski definition) is 4. The van der Waals surface area contributed by atoms with E-state index in [0.29, 0.717) is 30.6 Å². The highest BCUT2D eigenvalue weighted by atomic mass is 16.4. The van der Waals surface area contributed by atoms with Crippen molar-refractivity contribution in [3.05, 3.63) is 71.3 Å². The lowest BCUT2D eigenvalue weighted by molar-refractivity contribution is -0.139. The molecule has 154 valence electrons. The fourth-order valence-corrected chi connectivity index (χ4v) is 2.94. The summed E-state index contributed by atoms with van der Waals surface area (Å²) in [5, 5.41) is 15.4. The number of carbonyl (C=O) groups is 3. The van der Waals surface area contributed by atoms with Crippen LogP contribution >= 0.6 is 0 Å². The van der Waals surface area contributed by atoms with Gasteiger partial charge in [0.25, 0.3) is 5.91 Å². The Bertz CT molecular complexity index is 824. The van der Waals surface area contributed by atoms with E-state index in [4.69, 9.17) is 5.73 Å². The van der Waals surface area contributed by atoms with Crippen molar-refractivity contribution in [1.29, 1.82) is 0 Å². The molecule has 0 fully saturated rings. The molecule has 0 bridgehead atoms. The number of carboxylic acids is 1. The summed E-state index contributed by atoms with van der Waals surface area (Å²) in [5.41, 5.74) is 7.11. The topological polar surface area (TPSA) is 122 Å². The van der Waals surface area contributed by atoms with Crippen LogP contribution in [0.1, 0.15) is 53.2 Å². The number of benzene rings is 2. The zero-order chi connectivity index (χ0) is 21.1. The molecule has 0 spiro atoms. The SMILES string of the molecule is NC(=O)CCCCCNC(=O)c1cccc(CN[C@H](C(=O)O)c2ccccc2)c1. The first-order valence-corrected chi connectivity index (χ1v) is 9.64. The van der Waals surface area contributed by atoms with Crippen molar-refractivity contribution in [2.24, 2.45) is 5.73 Å². The number of primary amides is 1. The first-order chi connectivity index (χ1) is 14.0. The molecule has 5 N–H and O–H groups in total. The summed E-state index contributed by atoms with van der Waals surface area (Å²) in [6.45, 7) is 0.843. The van der Waals surface area contributed by atoms with Crippen molar-refractivity contribution in [3.8, 4) is 0 Å². The molecule has 0 saturated heterocycles. The van der Waals surface area contributed by atoms with Gasteiger partial charge in [0.05, 0.1) is 0 Å². The summed E-state index contributed by atoms with van der Waals surface area (Å²) < 4.78 is 0. The summed E-state index contributed by atoms with van der Waals surface area (Å²) in [6.07, 6.45) is 2.68. The standard InChI is InChI=1S/C22H27N3O4/c23-19(26)12-5-2-6-13-24-21(27)18-11-7-8-16(14-18)15-25-20(22(28)29)17-9-3-1-4-10-17/h1,3-4,7-11,14,20,25H,2,5-6,12-13,15H2,(H2,23,26)(H,24,27)(H,28,29)/t20-/m0/s1. The van der Waals surface area contributed by atoms with Crippen LogP contribution in [0, 0.1) is 0 Å². The van der Waals surface area contributed by atoms with Gasteiger partial charge >= 0.3 is 5.97 Å². The monoisotopic (exact) mass is 397 g/mol. The molecule has 2 aromatic carbocycles. The molecule has 0 saturated carbocycles. The number of aliphatic carboxylic acids is 1. The van der Waals surface area contributed by atoms with Crippen LogP contribution in [0.2, 0.25) is 0 Å². The Morgan fingerprint density at radius 3 is 2.41 bits per heavy atom. The maximum absolute atomic E-state index is 12.3. The second-order valence-corrected chi connectivity index (χ2v) is 6.80. The third kappa shape index (κ3) is 7.75. The molecule has 7 heteroatoms. The molecule has 2 amide bonds. The van der Waals surface area contributed by atoms with Gasteiger partial charge in [0.1, 0.15) is 6.04 Å². The number of hydrogen-bond donors (Lipinski definition) is 4. The Labute approximate surface area is 170 Å². The van der Waals surface area contributed by atoms with Gasteiger partial charge < -0.3 is 16.2 Å². The number of unbranched alkanes of at least 4 members (excludes halogenated alkanes) is 2. The van der Waals surface area contributed by atoms with Crippen molar-refractivity contribution in [1.82, 2.24) is 10.6 Å². The Balaban J connectivity index is 1.86. The third-order valence-electron chi connectivity index (χ3n) is 4.46. The van der Waals surface area contributed by atoms with Crippen molar-refractivity contribution in [2.75, 3.05) is 6.54 Å². The molecule has 0 radical (unpaired) electrons. The first-order valence-electron chi connectivity index (χ1n) is 9.64. The summed E-state index contributed by atoms with van der Waals surface area (Å²) in [6, 6.07) is 15.2. The van der Waals surface area contributed by atoms with Gasteiger partial charge in [-0.2, -0.15) is 0 Å². The van der Waals surface area contributed by atoms with E-state index in [0.717, 1.165) is 24.8 Å². The van der Waals surface area contributed by atoms with Crippen LogP contribution in [0.4, 0.5) is 0 Å². The molecule has 2 rings (SSSR count). The van der Waals surface area contributed by atoms with Crippen LogP contribution in [0.15, 0.2) is 54.6 Å². The summed E-state index contributed by atoms with van der Waals surface area (Å²) >= 11 is 0. The highest BCUT2D eigenvalue weighted by Crippen LogP contribution is 2.14. The fraction of sp³-hybridized carbons (Fsp3) is 0.318. The van der Waals surface area contributed by atoms with Crippen LogP contribution in [0.25, 0.3) is 0 Å². The second kappa shape index (κ2) is 11.6. The number of carboxylic acid groups (broad SMARTS) is 1. The van der Waals surface area contributed by atoms with Crippen LogP contribution in [0.5, 0.6) is 0 Å². The summed E-state index contributed by atoms with van der Waals surface area (Å²) in [7, 11) is 0. The van der Waals surface area contributed by atoms with Gasteiger partial charge in [-0.1, -0.05) is 48.9 Å². The largest absolute Gasteiger partial charge is 0.480 e. The molecule has 0 heterocycles. The van der Waals surface area contributed by atoms with Gasteiger partial charge in [-0.3, -0.25) is 19.7 Å². The number of amides is 2. The number of rotatable bonds is 12. The lowest BCUT2D eigenvalue weighted by Crippen LogP contribution is -2.28. The smallest absolute Gasteiger partial charge is 0.325 e. The van der Waals surface area contributed by atoms with Crippen LogP contribution in [-0.4, -0.2) is 29.4 Å². The first kappa shape index (κ1) is 22.1. The zero-order valence-corrected chi connectivity index (χ0v) is 16.3. The lowest BCUT2D eigenvalue weighted by atomic mass is 10.1. The van der Waals surface area contributed by atoms with Crippen LogP contribution in [-0.2, 0) is 16.1 Å². The second-order valence-electron chi connectivity index (χ2n) is 6.80. The lowest BCUT2D eigenvalue weighted by Gasteiger charge is -2.15. The molecule has 1 atom stereocenters. The molecule has 7 nitrogen and oxygen atoms in total. The minimum Gasteiger partial charge on any atom is -0.480 e.